The maximum atomic E-state index is 11.2. The summed E-state index contributed by atoms with van der Waals surface area (Å²) >= 11 is 0. The smallest absolute Gasteiger partial charge is 0.249 e. The van der Waals surface area contributed by atoms with E-state index >= 15 is 0 Å². The first-order valence-electron chi connectivity index (χ1n) is 9.75. The van der Waals surface area contributed by atoms with E-state index in [4.69, 9.17) is 0 Å². The van der Waals surface area contributed by atoms with Crippen LogP contribution in [-0.4, -0.2) is 38.3 Å². The molecule has 0 aliphatic heterocycles. The van der Waals surface area contributed by atoms with Gasteiger partial charge in [-0.3, -0.25) is 14.0 Å². The van der Waals surface area contributed by atoms with E-state index in [2.05, 4.69) is 24.1 Å². The van der Waals surface area contributed by atoms with E-state index in [1.165, 1.54) is 25.9 Å². The Balaban J connectivity index is -0.000000725. The van der Waals surface area contributed by atoms with Crippen molar-refractivity contribution in [2.45, 2.75) is 74.1 Å². The molecule has 0 unspecified atom stereocenters. The Hall–Kier alpha value is -1.23. The van der Waals surface area contributed by atoms with Crippen molar-refractivity contribution in [2.75, 3.05) is 38.7 Å². The van der Waals surface area contributed by atoms with Crippen LogP contribution in [0.15, 0.2) is 9.59 Å². The lowest BCUT2D eigenvalue weighted by molar-refractivity contribution is 0.270. The molecular weight excluding hydrogens is 319 g/mol. The largest absolute Gasteiger partial charge is 0.381 e. The van der Waals surface area contributed by atoms with Crippen molar-refractivity contribution in [1.29, 1.82) is 0 Å². The highest BCUT2D eigenvalue weighted by atomic mass is 19.1. The SMILES string of the molecule is CC.CC.CCCN(CCC)CCCCNc1c(C)c(=O)c1=O.CF. The predicted molar refractivity (Wildman–Crippen MR) is 111 cm³/mol. The standard InChI is InChI=1S/C15H26N2O2.2C2H6.CH3F/c1-4-9-17(10-5-2)11-7-6-8-16-13-12(3)14(18)15(13)19;3*1-2/h16H,4-11H2,1-3H3;2*1-2H3;1H3. The highest BCUT2D eigenvalue weighted by molar-refractivity contribution is 5.55. The fourth-order valence-electron chi connectivity index (χ4n) is 2.36. The lowest BCUT2D eigenvalue weighted by atomic mass is 10.1. The molecule has 0 saturated heterocycles. The highest BCUT2D eigenvalue weighted by Gasteiger charge is 2.15. The minimum absolute atomic E-state index is 0.334. The second kappa shape index (κ2) is 20.8. The van der Waals surface area contributed by atoms with Crippen molar-refractivity contribution in [2.24, 2.45) is 0 Å². The van der Waals surface area contributed by atoms with Gasteiger partial charge in [0, 0.05) is 12.1 Å². The van der Waals surface area contributed by atoms with E-state index in [0.717, 1.165) is 25.9 Å². The Bertz CT molecular complexity index is 449. The molecule has 0 spiro atoms. The zero-order chi connectivity index (χ0) is 20.3. The number of rotatable bonds is 10. The van der Waals surface area contributed by atoms with E-state index in [1.807, 2.05) is 27.7 Å². The van der Waals surface area contributed by atoms with E-state index in [0.29, 0.717) is 18.4 Å². The molecule has 1 rings (SSSR count). The molecular formula is C20H41FN2O2. The molecule has 0 aliphatic rings. The molecule has 1 aromatic rings. The summed E-state index contributed by atoms with van der Waals surface area (Å²) in [6, 6.07) is 0. The fraction of sp³-hybridized carbons (Fsp3) is 0.800. The zero-order valence-electron chi connectivity index (χ0n) is 17.8. The van der Waals surface area contributed by atoms with Gasteiger partial charge >= 0.3 is 0 Å². The van der Waals surface area contributed by atoms with Crippen LogP contribution >= 0.6 is 0 Å². The molecule has 5 heteroatoms. The monoisotopic (exact) mass is 360 g/mol. The molecule has 0 bridgehead atoms. The van der Waals surface area contributed by atoms with E-state index < -0.39 is 0 Å². The number of alkyl halides is 1. The quantitative estimate of drug-likeness (QED) is 0.491. The summed E-state index contributed by atoms with van der Waals surface area (Å²) in [6.45, 7) is 18.3. The Morgan fingerprint density at radius 3 is 1.72 bits per heavy atom. The van der Waals surface area contributed by atoms with Gasteiger partial charge in [-0.1, -0.05) is 41.5 Å². The lowest BCUT2D eigenvalue weighted by Crippen LogP contribution is -2.37. The van der Waals surface area contributed by atoms with Crippen molar-refractivity contribution in [3.05, 3.63) is 26.0 Å². The van der Waals surface area contributed by atoms with E-state index in [-0.39, 0.29) is 10.9 Å². The molecule has 0 atom stereocenters. The summed E-state index contributed by atoms with van der Waals surface area (Å²) in [5.74, 6) is 0. The van der Waals surface area contributed by atoms with Gasteiger partial charge in [-0.15, -0.1) is 0 Å². The van der Waals surface area contributed by atoms with Gasteiger partial charge in [0.05, 0.1) is 12.9 Å². The molecule has 150 valence electrons. The first-order chi connectivity index (χ1) is 12.1. The summed E-state index contributed by atoms with van der Waals surface area (Å²) in [6.07, 6.45) is 4.55. The average molecular weight is 361 g/mol. The van der Waals surface area contributed by atoms with Crippen LogP contribution < -0.4 is 16.2 Å². The number of hydrogen-bond acceptors (Lipinski definition) is 4. The average Bonchev–Trinajstić information content (AvgIpc) is 2.68. The maximum absolute atomic E-state index is 11.2. The molecule has 0 saturated carbocycles. The van der Waals surface area contributed by atoms with Crippen LogP contribution in [0.4, 0.5) is 10.1 Å². The van der Waals surface area contributed by atoms with E-state index in [1.54, 1.807) is 6.92 Å². The van der Waals surface area contributed by atoms with Gasteiger partial charge in [0.1, 0.15) is 0 Å². The molecule has 0 aromatic heterocycles. The van der Waals surface area contributed by atoms with Crippen LogP contribution in [0.2, 0.25) is 0 Å². The van der Waals surface area contributed by atoms with Crippen LogP contribution in [0.5, 0.6) is 0 Å². The van der Waals surface area contributed by atoms with Crippen molar-refractivity contribution in [3.8, 4) is 0 Å². The van der Waals surface area contributed by atoms with Crippen LogP contribution in [0.3, 0.4) is 0 Å². The molecule has 0 heterocycles. The van der Waals surface area contributed by atoms with Crippen molar-refractivity contribution >= 4 is 5.69 Å². The normalized spacial score (nSPS) is 9.36. The minimum Gasteiger partial charge on any atom is -0.381 e. The molecule has 1 N–H and O–H groups in total. The molecule has 4 nitrogen and oxygen atoms in total. The Morgan fingerprint density at radius 2 is 1.32 bits per heavy atom. The number of halogens is 1. The van der Waals surface area contributed by atoms with Crippen LogP contribution in [0, 0.1) is 6.92 Å². The number of nitrogens with zero attached hydrogens (tertiary/aromatic N) is 1. The molecule has 25 heavy (non-hydrogen) atoms. The third kappa shape index (κ3) is 11.9. The molecule has 0 aliphatic carbocycles. The van der Waals surface area contributed by atoms with Crippen molar-refractivity contribution in [1.82, 2.24) is 4.90 Å². The first-order valence-corrected chi connectivity index (χ1v) is 9.75. The van der Waals surface area contributed by atoms with Crippen molar-refractivity contribution < 1.29 is 4.39 Å². The van der Waals surface area contributed by atoms with Crippen LogP contribution in [-0.2, 0) is 0 Å². The number of unbranched alkanes of at least 4 members (excludes halogenated alkanes) is 1. The van der Waals surface area contributed by atoms with Gasteiger partial charge in [-0.2, -0.15) is 0 Å². The van der Waals surface area contributed by atoms with Crippen LogP contribution in [0.1, 0.15) is 72.8 Å². The zero-order valence-corrected chi connectivity index (χ0v) is 17.8. The number of anilines is 1. The highest BCUT2D eigenvalue weighted by Crippen LogP contribution is 2.06. The summed E-state index contributed by atoms with van der Waals surface area (Å²) in [4.78, 5) is 24.8. The van der Waals surface area contributed by atoms with Gasteiger partial charge in [0.15, 0.2) is 0 Å². The van der Waals surface area contributed by atoms with Crippen LogP contribution in [0.25, 0.3) is 0 Å². The molecule has 0 amide bonds. The molecule has 1 aromatic carbocycles. The van der Waals surface area contributed by atoms with E-state index in [9.17, 15) is 14.0 Å². The third-order valence-corrected chi connectivity index (χ3v) is 3.43. The number of nitrogens with one attached hydrogen (secondary N) is 1. The topological polar surface area (TPSA) is 49.4 Å². The summed E-state index contributed by atoms with van der Waals surface area (Å²) < 4.78 is 9.50. The van der Waals surface area contributed by atoms with Gasteiger partial charge in [0.25, 0.3) is 0 Å². The summed E-state index contributed by atoms with van der Waals surface area (Å²) in [5, 5.41) is 3.08. The Kier molecular flexibility index (Phi) is 23.8. The van der Waals surface area contributed by atoms with Gasteiger partial charge < -0.3 is 10.2 Å². The third-order valence-electron chi connectivity index (χ3n) is 3.43. The Morgan fingerprint density at radius 1 is 0.840 bits per heavy atom. The van der Waals surface area contributed by atoms with Gasteiger partial charge in [-0.25, -0.2) is 0 Å². The lowest BCUT2D eigenvalue weighted by Gasteiger charge is -2.20. The minimum atomic E-state index is -0.351. The fourth-order valence-corrected chi connectivity index (χ4v) is 2.36. The van der Waals surface area contributed by atoms with Gasteiger partial charge in [0.2, 0.25) is 10.9 Å². The second-order valence-electron chi connectivity index (χ2n) is 5.13. The summed E-state index contributed by atoms with van der Waals surface area (Å²) in [5.41, 5.74) is 0.434. The number of hydrogen-bond donors (Lipinski definition) is 1. The predicted octanol–water partition coefficient (Wildman–Crippen LogP) is 4.54. The molecule has 0 fully saturated rings. The van der Waals surface area contributed by atoms with Crippen molar-refractivity contribution in [3.63, 3.8) is 0 Å². The summed E-state index contributed by atoms with van der Waals surface area (Å²) in [7, 11) is 0.500. The maximum Gasteiger partial charge on any atom is 0.249 e. The first kappa shape index (κ1) is 28.6. The second-order valence-corrected chi connectivity index (χ2v) is 5.13. The molecule has 0 radical (unpaired) electrons. The Labute approximate surface area is 154 Å². The van der Waals surface area contributed by atoms with Gasteiger partial charge in [-0.05, 0) is 52.2 Å².